The Morgan fingerprint density at radius 2 is 2.36 bits per heavy atom. The SMILES string of the molecule is CN(C)CCNC(=O)c1ccnn1C. The number of carbonyl (C=O) groups is 1. The van der Waals surface area contributed by atoms with Crippen LogP contribution in [0.3, 0.4) is 0 Å². The monoisotopic (exact) mass is 196 g/mol. The van der Waals surface area contributed by atoms with Crippen molar-refractivity contribution in [3.05, 3.63) is 18.0 Å². The molecule has 0 fully saturated rings. The summed E-state index contributed by atoms with van der Waals surface area (Å²) in [4.78, 5) is 13.5. The molecular weight excluding hydrogens is 180 g/mol. The Labute approximate surface area is 83.7 Å². The molecule has 0 aromatic carbocycles. The van der Waals surface area contributed by atoms with Gasteiger partial charge in [-0.05, 0) is 20.2 Å². The third-order valence-corrected chi connectivity index (χ3v) is 1.90. The van der Waals surface area contributed by atoms with Crippen molar-refractivity contribution in [2.75, 3.05) is 27.2 Å². The van der Waals surface area contributed by atoms with Crippen LogP contribution >= 0.6 is 0 Å². The van der Waals surface area contributed by atoms with Crippen molar-refractivity contribution in [1.29, 1.82) is 0 Å². The number of nitrogens with zero attached hydrogens (tertiary/aromatic N) is 3. The molecule has 1 heterocycles. The van der Waals surface area contributed by atoms with Gasteiger partial charge < -0.3 is 10.2 Å². The van der Waals surface area contributed by atoms with Gasteiger partial charge in [0, 0.05) is 26.3 Å². The van der Waals surface area contributed by atoms with E-state index in [2.05, 4.69) is 10.4 Å². The summed E-state index contributed by atoms with van der Waals surface area (Å²) >= 11 is 0. The van der Waals surface area contributed by atoms with Crippen LogP contribution in [0.25, 0.3) is 0 Å². The molecule has 0 radical (unpaired) electrons. The summed E-state index contributed by atoms with van der Waals surface area (Å²) < 4.78 is 1.56. The Morgan fingerprint density at radius 1 is 1.64 bits per heavy atom. The third-order valence-electron chi connectivity index (χ3n) is 1.90. The van der Waals surface area contributed by atoms with Crippen LogP contribution in [-0.2, 0) is 7.05 Å². The average Bonchev–Trinajstić information content (AvgIpc) is 2.50. The van der Waals surface area contributed by atoms with E-state index in [1.54, 1.807) is 24.0 Å². The number of amides is 1. The number of hydrogen-bond donors (Lipinski definition) is 1. The van der Waals surface area contributed by atoms with Gasteiger partial charge in [-0.1, -0.05) is 0 Å². The first-order chi connectivity index (χ1) is 6.61. The lowest BCUT2D eigenvalue weighted by Crippen LogP contribution is -2.32. The van der Waals surface area contributed by atoms with Gasteiger partial charge in [0.05, 0.1) is 0 Å². The zero-order chi connectivity index (χ0) is 10.6. The number of carbonyl (C=O) groups excluding carboxylic acids is 1. The highest BCUT2D eigenvalue weighted by Crippen LogP contribution is 1.94. The molecule has 0 unspecified atom stereocenters. The average molecular weight is 196 g/mol. The van der Waals surface area contributed by atoms with Crippen molar-refractivity contribution in [2.24, 2.45) is 7.05 Å². The van der Waals surface area contributed by atoms with Gasteiger partial charge in [0.1, 0.15) is 5.69 Å². The molecule has 5 heteroatoms. The van der Waals surface area contributed by atoms with Gasteiger partial charge in [-0.15, -0.1) is 0 Å². The summed E-state index contributed by atoms with van der Waals surface area (Å²) in [6, 6.07) is 1.70. The molecular formula is C9H16N4O. The largest absolute Gasteiger partial charge is 0.349 e. The van der Waals surface area contributed by atoms with Crippen molar-refractivity contribution in [3.63, 3.8) is 0 Å². The topological polar surface area (TPSA) is 50.2 Å². The molecule has 78 valence electrons. The van der Waals surface area contributed by atoms with Crippen LogP contribution in [0.1, 0.15) is 10.5 Å². The van der Waals surface area contributed by atoms with E-state index < -0.39 is 0 Å². The van der Waals surface area contributed by atoms with E-state index in [1.165, 1.54) is 0 Å². The van der Waals surface area contributed by atoms with E-state index in [4.69, 9.17) is 0 Å². The van der Waals surface area contributed by atoms with Gasteiger partial charge in [-0.3, -0.25) is 9.48 Å². The fraction of sp³-hybridized carbons (Fsp3) is 0.556. The van der Waals surface area contributed by atoms with Crippen LogP contribution in [0.4, 0.5) is 0 Å². The molecule has 1 aromatic heterocycles. The van der Waals surface area contributed by atoms with Gasteiger partial charge in [0.15, 0.2) is 0 Å². The van der Waals surface area contributed by atoms with Crippen LogP contribution in [0, 0.1) is 0 Å². The first-order valence-corrected chi connectivity index (χ1v) is 4.52. The standard InChI is InChI=1S/C9H16N4O/c1-12(2)7-6-10-9(14)8-4-5-11-13(8)3/h4-5H,6-7H2,1-3H3,(H,10,14). The molecule has 0 aliphatic rings. The summed E-state index contributed by atoms with van der Waals surface area (Å²) in [5.41, 5.74) is 0.587. The van der Waals surface area contributed by atoms with Crippen molar-refractivity contribution in [3.8, 4) is 0 Å². The Hall–Kier alpha value is -1.36. The quantitative estimate of drug-likeness (QED) is 0.720. The van der Waals surface area contributed by atoms with Crippen molar-refractivity contribution in [1.82, 2.24) is 20.0 Å². The number of hydrogen-bond acceptors (Lipinski definition) is 3. The summed E-state index contributed by atoms with van der Waals surface area (Å²) in [6.45, 7) is 1.49. The molecule has 1 N–H and O–H groups in total. The minimum Gasteiger partial charge on any atom is -0.349 e. The zero-order valence-electron chi connectivity index (χ0n) is 8.82. The molecule has 1 rings (SSSR count). The normalized spacial score (nSPS) is 10.6. The molecule has 14 heavy (non-hydrogen) atoms. The van der Waals surface area contributed by atoms with Gasteiger partial charge in [0.2, 0.25) is 0 Å². The molecule has 0 saturated heterocycles. The summed E-state index contributed by atoms with van der Waals surface area (Å²) in [5.74, 6) is -0.0770. The van der Waals surface area contributed by atoms with Crippen molar-refractivity contribution < 1.29 is 4.79 Å². The van der Waals surface area contributed by atoms with Crippen LogP contribution in [0.2, 0.25) is 0 Å². The number of aromatic nitrogens is 2. The molecule has 0 saturated carbocycles. The lowest BCUT2D eigenvalue weighted by Gasteiger charge is -2.10. The van der Waals surface area contributed by atoms with E-state index in [0.717, 1.165) is 6.54 Å². The summed E-state index contributed by atoms with van der Waals surface area (Å²) in [7, 11) is 5.69. The van der Waals surface area contributed by atoms with E-state index in [-0.39, 0.29) is 5.91 Å². The third kappa shape index (κ3) is 2.85. The lowest BCUT2D eigenvalue weighted by molar-refractivity contribution is 0.0941. The number of nitrogens with one attached hydrogen (secondary N) is 1. The molecule has 0 spiro atoms. The van der Waals surface area contributed by atoms with Gasteiger partial charge in [0.25, 0.3) is 5.91 Å². The predicted molar refractivity (Wildman–Crippen MR) is 54.1 cm³/mol. The first-order valence-electron chi connectivity index (χ1n) is 4.52. The molecule has 0 bridgehead atoms. The van der Waals surface area contributed by atoms with Crippen LogP contribution in [-0.4, -0.2) is 47.8 Å². The fourth-order valence-corrected chi connectivity index (χ4v) is 1.08. The maximum absolute atomic E-state index is 11.5. The Kier molecular flexibility index (Phi) is 3.64. The molecule has 1 aromatic rings. The second kappa shape index (κ2) is 4.76. The molecule has 0 aliphatic heterocycles. The molecule has 0 atom stereocenters. The van der Waals surface area contributed by atoms with Crippen LogP contribution in [0.5, 0.6) is 0 Å². The van der Waals surface area contributed by atoms with E-state index in [0.29, 0.717) is 12.2 Å². The van der Waals surface area contributed by atoms with E-state index in [1.807, 2.05) is 19.0 Å². The fourth-order valence-electron chi connectivity index (χ4n) is 1.08. The zero-order valence-corrected chi connectivity index (χ0v) is 8.82. The highest BCUT2D eigenvalue weighted by Gasteiger charge is 2.08. The molecule has 0 aliphatic carbocycles. The number of likely N-dealkylation sites (N-methyl/N-ethyl adjacent to an activating group) is 1. The lowest BCUT2D eigenvalue weighted by atomic mass is 10.4. The van der Waals surface area contributed by atoms with Crippen LogP contribution < -0.4 is 5.32 Å². The van der Waals surface area contributed by atoms with E-state index in [9.17, 15) is 4.79 Å². The minimum atomic E-state index is -0.0770. The summed E-state index contributed by atoms with van der Waals surface area (Å²) in [5, 5.41) is 6.74. The Balaban J connectivity index is 2.40. The van der Waals surface area contributed by atoms with Gasteiger partial charge >= 0.3 is 0 Å². The highest BCUT2D eigenvalue weighted by molar-refractivity contribution is 5.92. The number of rotatable bonds is 4. The van der Waals surface area contributed by atoms with E-state index >= 15 is 0 Å². The Bertz CT molecular complexity index is 306. The second-order valence-electron chi connectivity index (χ2n) is 3.40. The number of aryl methyl sites for hydroxylation is 1. The molecule has 1 amide bonds. The summed E-state index contributed by atoms with van der Waals surface area (Å²) in [6.07, 6.45) is 1.61. The minimum absolute atomic E-state index is 0.0770. The molecule has 5 nitrogen and oxygen atoms in total. The predicted octanol–water partition coefficient (Wildman–Crippen LogP) is -0.289. The van der Waals surface area contributed by atoms with Crippen molar-refractivity contribution in [2.45, 2.75) is 0 Å². The van der Waals surface area contributed by atoms with Crippen molar-refractivity contribution >= 4 is 5.91 Å². The smallest absolute Gasteiger partial charge is 0.269 e. The maximum atomic E-state index is 11.5. The van der Waals surface area contributed by atoms with Gasteiger partial charge in [-0.25, -0.2) is 0 Å². The first kappa shape index (κ1) is 10.7. The Morgan fingerprint density at radius 3 is 2.86 bits per heavy atom. The highest BCUT2D eigenvalue weighted by atomic mass is 16.2. The second-order valence-corrected chi connectivity index (χ2v) is 3.40. The van der Waals surface area contributed by atoms with Gasteiger partial charge in [-0.2, -0.15) is 5.10 Å². The van der Waals surface area contributed by atoms with Crippen LogP contribution in [0.15, 0.2) is 12.3 Å². The maximum Gasteiger partial charge on any atom is 0.269 e.